The van der Waals surface area contributed by atoms with E-state index in [-0.39, 0.29) is 24.7 Å². The SMILES string of the molecule is CCCCCCCCCCCCN(CCCCCCCCCCCC)C(=O)C(CCC(=O)O)NC(=O)CCCCCCCCCCC. The molecule has 0 saturated carbocycles. The summed E-state index contributed by atoms with van der Waals surface area (Å²) in [6.45, 7) is 8.14. The molecule has 2 N–H and O–H groups in total. The third-order valence-corrected chi connectivity index (χ3v) is 9.66. The van der Waals surface area contributed by atoms with Crippen LogP contribution in [0.25, 0.3) is 0 Å². The van der Waals surface area contributed by atoms with Gasteiger partial charge in [0.1, 0.15) is 6.04 Å². The maximum Gasteiger partial charge on any atom is 0.303 e. The lowest BCUT2D eigenvalue weighted by atomic mass is 10.0. The number of nitrogens with zero attached hydrogens (tertiary/aromatic N) is 1. The summed E-state index contributed by atoms with van der Waals surface area (Å²) in [6.07, 6.45) is 36.1. The molecule has 0 aromatic rings. The van der Waals surface area contributed by atoms with Gasteiger partial charge in [-0.15, -0.1) is 0 Å². The van der Waals surface area contributed by atoms with E-state index in [1.165, 1.54) is 141 Å². The van der Waals surface area contributed by atoms with Crippen LogP contribution in [-0.2, 0) is 14.4 Å². The van der Waals surface area contributed by atoms with Crippen LogP contribution in [0.4, 0.5) is 0 Å². The Morgan fingerprint density at radius 3 is 1.13 bits per heavy atom. The number of aliphatic carboxylic acids is 1. The molecule has 0 aromatic carbocycles. The van der Waals surface area contributed by atoms with Crippen molar-refractivity contribution in [3.05, 3.63) is 0 Å². The highest BCUT2D eigenvalue weighted by Crippen LogP contribution is 2.15. The van der Waals surface area contributed by atoms with E-state index in [4.69, 9.17) is 0 Å². The first-order valence-electron chi connectivity index (χ1n) is 20.8. The smallest absolute Gasteiger partial charge is 0.303 e. The summed E-state index contributed by atoms with van der Waals surface area (Å²) >= 11 is 0. The number of amides is 2. The average molecular weight is 665 g/mol. The minimum atomic E-state index is -0.924. The number of carbonyl (C=O) groups is 3. The fourth-order valence-electron chi connectivity index (χ4n) is 6.52. The van der Waals surface area contributed by atoms with Gasteiger partial charge in [0.25, 0.3) is 0 Å². The van der Waals surface area contributed by atoms with Gasteiger partial charge in [-0.3, -0.25) is 14.4 Å². The lowest BCUT2D eigenvalue weighted by Gasteiger charge is -2.28. The highest BCUT2D eigenvalue weighted by atomic mass is 16.4. The van der Waals surface area contributed by atoms with Crippen LogP contribution in [0.1, 0.15) is 226 Å². The molecule has 0 aliphatic rings. The first kappa shape index (κ1) is 45.4. The zero-order valence-corrected chi connectivity index (χ0v) is 31.7. The molecule has 0 heterocycles. The Kier molecular flexibility index (Phi) is 34.5. The maximum atomic E-state index is 13.8. The molecule has 0 fully saturated rings. The molecule has 2 amide bonds. The lowest BCUT2D eigenvalue weighted by Crippen LogP contribution is -2.49. The zero-order valence-electron chi connectivity index (χ0n) is 31.7. The van der Waals surface area contributed by atoms with Crippen molar-refractivity contribution < 1.29 is 19.5 Å². The normalized spacial score (nSPS) is 11.9. The highest BCUT2D eigenvalue weighted by Gasteiger charge is 2.26. The van der Waals surface area contributed by atoms with Gasteiger partial charge in [0.05, 0.1) is 0 Å². The molecular weight excluding hydrogens is 584 g/mol. The number of carbonyl (C=O) groups excluding carboxylic acids is 2. The Morgan fingerprint density at radius 1 is 0.468 bits per heavy atom. The fourth-order valence-corrected chi connectivity index (χ4v) is 6.52. The number of hydrogen-bond donors (Lipinski definition) is 2. The molecule has 0 spiro atoms. The summed E-state index contributed by atoms with van der Waals surface area (Å²) in [4.78, 5) is 40.1. The Hall–Kier alpha value is -1.59. The number of unbranched alkanes of at least 4 members (excludes halogenated alkanes) is 26. The van der Waals surface area contributed by atoms with Crippen molar-refractivity contribution in [2.75, 3.05) is 13.1 Å². The fraction of sp³-hybridized carbons (Fsp3) is 0.927. The summed E-state index contributed by atoms with van der Waals surface area (Å²) < 4.78 is 0. The van der Waals surface area contributed by atoms with Crippen molar-refractivity contribution in [3.63, 3.8) is 0 Å². The number of nitrogens with one attached hydrogen (secondary N) is 1. The summed E-state index contributed by atoms with van der Waals surface area (Å²) in [7, 11) is 0. The molecule has 0 saturated heterocycles. The molecule has 6 nitrogen and oxygen atoms in total. The van der Waals surface area contributed by atoms with Gasteiger partial charge in [-0.25, -0.2) is 0 Å². The second-order valence-corrected chi connectivity index (χ2v) is 14.3. The van der Waals surface area contributed by atoms with Gasteiger partial charge in [-0.05, 0) is 25.7 Å². The number of hydrogen-bond acceptors (Lipinski definition) is 3. The molecule has 0 rings (SSSR count). The van der Waals surface area contributed by atoms with Crippen molar-refractivity contribution in [1.29, 1.82) is 0 Å². The van der Waals surface area contributed by atoms with Crippen LogP contribution < -0.4 is 5.32 Å². The van der Waals surface area contributed by atoms with Crippen LogP contribution >= 0.6 is 0 Å². The molecule has 0 aliphatic heterocycles. The van der Waals surface area contributed by atoms with Crippen LogP contribution in [0.5, 0.6) is 0 Å². The first-order chi connectivity index (χ1) is 23.0. The van der Waals surface area contributed by atoms with Crippen LogP contribution in [0.2, 0.25) is 0 Å². The van der Waals surface area contributed by atoms with E-state index in [0.29, 0.717) is 19.5 Å². The molecule has 0 bridgehead atoms. The molecule has 0 aromatic heterocycles. The van der Waals surface area contributed by atoms with Gasteiger partial charge < -0.3 is 15.3 Å². The summed E-state index contributed by atoms with van der Waals surface area (Å²) in [6, 6.07) is -0.747. The summed E-state index contributed by atoms with van der Waals surface area (Å²) in [5, 5.41) is 12.3. The van der Waals surface area contributed by atoms with Crippen molar-refractivity contribution in [2.45, 2.75) is 232 Å². The first-order valence-corrected chi connectivity index (χ1v) is 20.8. The van der Waals surface area contributed by atoms with Crippen LogP contribution in [0, 0.1) is 0 Å². The minimum absolute atomic E-state index is 0.0847. The molecular formula is C41H80N2O4. The van der Waals surface area contributed by atoms with Gasteiger partial charge in [-0.2, -0.15) is 0 Å². The molecule has 0 radical (unpaired) electrons. The van der Waals surface area contributed by atoms with Gasteiger partial charge in [0.15, 0.2) is 0 Å². The predicted octanol–water partition coefficient (Wildman–Crippen LogP) is 11.9. The number of rotatable bonds is 37. The Balaban J connectivity index is 4.84. The molecule has 1 atom stereocenters. The predicted molar refractivity (Wildman–Crippen MR) is 201 cm³/mol. The van der Waals surface area contributed by atoms with E-state index >= 15 is 0 Å². The zero-order chi connectivity index (χ0) is 34.6. The van der Waals surface area contributed by atoms with E-state index in [1.807, 2.05) is 4.90 Å². The molecule has 47 heavy (non-hydrogen) atoms. The number of carboxylic acid groups (broad SMARTS) is 1. The van der Waals surface area contributed by atoms with Gasteiger partial charge in [0, 0.05) is 25.9 Å². The van der Waals surface area contributed by atoms with Crippen molar-refractivity contribution in [1.82, 2.24) is 10.2 Å². The second kappa shape index (κ2) is 35.7. The number of carboxylic acids is 1. The van der Waals surface area contributed by atoms with Gasteiger partial charge >= 0.3 is 5.97 Å². The van der Waals surface area contributed by atoms with E-state index in [0.717, 1.165) is 44.9 Å². The second-order valence-electron chi connectivity index (χ2n) is 14.3. The monoisotopic (exact) mass is 665 g/mol. The average Bonchev–Trinajstić information content (AvgIpc) is 3.06. The quantitative estimate of drug-likeness (QED) is 0.0647. The Morgan fingerprint density at radius 2 is 0.787 bits per heavy atom. The maximum absolute atomic E-state index is 13.8. The topological polar surface area (TPSA) is 86.7 Å². The molecule has 278 valence electrons. The Labute approximate surface area is 292 Å². The van der Waals surface area contributed by atoms with E-state index in [1.54, 1.807) is 0 Å². The van der Waals surface area contributed by atoms with Crippen molar-refractivity contribution in [3.8, 4) is 0 Å². The summed E-state index contributed by atoms with van der Waals surface area (Å²) in [5.41, 5.74) is 0. The standard InChI is InChI=1S/C41H80N2O4/c1-4-7-10-13-16-19-22-25-28-31-36-43(37-32-29-26-23-20-17-14-11-8-5-2)41(47)38(34-35-40(45)46)42-39(44)33-30-27-24-21-18-15-12-9-6-3/h38H,4-37H2,1-3H3,(H,42,44)(H,45,46). The largest absolute Gasteiger partial charge is 0.481 e. The third kappa shape index (κ3) is 31.4. The van der Waals surface area contributed by atoms with Crippen molar-refractivity contribution in [2.24, 2.45) is 0 Å². The van der Waals surface area contributed by atoms with Gasteiger partial charge in [-0.1, -0.05) is 188 Å². The lowest BCUT2D eigenvalue weighted by molar-refractivity contribution is -0.139. The molecule has 1 unspecified atom stereocenters. The van der Waals surface area contributed by atoms with E-state index in [2.05, 4.69) is 26.1 Å². The summed E-state index contributed by atoms with van der Waals surface area (Å²) in [5.74, 6) is -1.13. The third-order valence-electron chi connectivity index (χ3n) is 9.66. The molecule has 0 aliphatic carbocycles. The van der Waals surface area contributed by atoms with Crippen LogP contribution in [0.3, 0.4) is 0 Å². The minimum Gasteiger partial charge on any atom is -0.481 e. The van der Waals surface area contributed by atoms with Gasteiger partial charge in [0.2, 0.25) is 11.8 Å². The Bertz CT molecular complexity index is 690. The van der Waals surface area contributed by atoms with Crippen LogP contribution in [-0.4, -0.2) is 46.9 Å². The van der Waals surface area contributed by atoms with Crippen molar-refractivity contribution >= 4 is 17.8 Å². The highest BCUT2D eigenvalue weighted by molar-refractivity contribution is 5.88. The van der Waals surface area contributed by atoms with Crippen LogP contribution in [0.15, 0.2) is 0 Å². The van der Waals surface area contributed by atoms with E-state index in [9.17, 15) is 19.5 Å². The molecule has 6 heteroatoms. The van der Waals surface area contributed by atoms with E-state index < -0.39 is 12.0 Å².